The minimum Gasteiger partial charge on any atom is -0.462 e. The minimum absolute atomic E-state index is 0.104. The molecular weight excluding hydrogens is 1200 g/mol. The Hall–Kier alpha value is -1.94. The van der Waals surface area contributed by atoms with Crippen molar-refractivity contribution in [2.45, 2.75) is 375 Å². The van der Waals surface area contributed by atoms with Crippen LogP contribution in [0, 0.1) is 23.7 Å². The maximum atomic E-state index is 13.0. The molecule has 0 spiro atoms. The first-order chi connectivity index (χ1) is 43.6. The van der Waals surface area contributed by atoms with Crippen LogP contribution < -0.4 is 0 Å². The fourth-order valence-electron chi connectivity index (χ4n) is 10.8. The van der Waals surface area contributed by atoms with Gasteiger partial charge in [-0.05, 0) is 49.4 Å². The van der Waals surface area contributed by atoms with Crippen molar-refractivity contribution >= 4 is 39.5 Å². The third kappa shape index (κ3) is 65.1. The molecule has 17 nitrogen and oxygen atoms in total. The molecule has 0 saturated carbocycles. The summed E-state index contributed by atoms with van der Waals surface area (Å²) in [5.41, 5.74) is 0. The van der Waals surface area contributed by atoms with Crippen LogP contribution in [0.15, 0.2) is 0 Å². The first kappa shape index (κ1) is 89.1. The molecule has 3 unspecified atom stereocenters. The number of unbranched alkanes of at least 4 members (excludes halogenated alkanes) is 34. The zero-order valence-electron chi connectivity index (χ0n) is 59.5. The van der Waals surface area contributed by atoms with Gasteiger partial charge in [0.25, 0.3) is 0 Å². The molecule has 91 heavy (non-hydrogen) atoms. The summed E-state index contributed by atoms with van der Waals surface area (Å²) in [5, 5.41) is 10.6. The van der Waals surface area contributed by atoms with Gasteiger partial charge in [-0.3, -0.25) is 37.3 Å². The van der Waals surface area contributed by atoms with Crippen LogP contribution in [0.1, 0.15) is 357 Å². The summed E-state index contributed by atoms with van der Waals surface area (Å²) >= 11 is 0. The Morgan fingerprint density at radius 3 is 0.780 bits per heavy atom. The van der Waals surface area contributed by atoms with E-state index in [1.165, 1.54) is 154 Å². The van der Waals surface area contributed by atoms with Gasteiger partial charge in [-0.2, -0.15) is 0 Å². The molecule has 0 radical (unpaired) electrons. The van der Waals surface area contributed by atoms with Gasteiger partial charge in [0.15, 0.2) is 12.2 Å². The van der Waals surface area contributed by atoms with E-state index in [-0.39, 0.29) is 25.7 Å². The summed E-state index contributed by atoms with van der Waals surface area (Å²) in [6.45, 7) is 14.1. The lowest BCUT2D eigenvalue weighted by Gasteiger charge is -2.21. The second-order valence-corrected chi connectivity index (χ2v) is 30.6. The van der Waals surface area contributed by atoms with Crippen molar-refractivity contribution < 1.29 is 80.2 Å². The maximum absolute atomic E-state index is 13.0. The first-order valence-electron chi connectivity index (χ1n) is 37.2. The normalized spacial score (nSPS) is 14.5. The lowest BCUT2D eigenvalue weighted by atomic mass is 9.99. The van der Waals surface area contributed by atoms with Crippen LogP contribution in [0.5, 0.6) is 0 Å². The second kappa shape index (κ2) is 61.6. The summed E-state index contributed by atoms with van der Waals surface area (Å²) in [6, 6.07) is 0. The summed E-state index contributed by atoms with van der Waals surface area (Å²) < 4.78 is 68.3. The maximum Gasteiger partial charge on any atom is 0.472 e. The predicted octanol–water partition coefficient (Wildman–Crippen LogP) is 20.5. The molecule has 0 amide bonds. The number of phosphoric ester groups is 2. The van der Waals surface area contributed by atoms with E-state index in [1.54, 1.807) is 0 Å². The van der Waals surface area contributed by atoms with Crippen LogP contribution in [0.25, 0.3) is 0 Å². The average molecular weight is 1340 g/mol. The fraction of sp³-hybridized carbons (Fsp3) is 0.944. The molecule has 0 aromatic rings. The summed E-state index contributed by atoms with van der Waals surface area (Å²) in [4.78, 5) is 72.6. The Bertz CT molecular complexity index is 1800. The summed E-state index contributed by atoms with van der Waals surface area (Å²) in [7, 11) is -9.90. The molecular formula is C72H140O17P2. The van der Waals surface area contributed by atoms with Crippen LogP contribution in [0.4, 0.5) is 0 Å². The molecule has 3 N–H and O–H groups in total. The van der Waals surface area contributed by atoms with E-state index in [4.69, 9.17) is 37.0 Å². The van der Waals surface area contributed by atoms with Gasteiger partial charge in [0.1, 0.15) is 19.3 Å². The lowest BCUT2D eigenvalue weighted by Crippen LogP contribution is -2.30. The number of rotatable bonds is 69. The lowest BCUT2D eigenvalue weighted by molar-refractivity contribution is -0.161. The first-order valence-corrected chi connectivity index (χ1v) is 40.2. The van der Waals surface area contributed by atoms with E-state index in [9.17, 15) is 43.2 Å². The van der Waals surface area contributed by atoms with Gasteiger partial charge in [0.05, 0.1) is 26.4 Å². The topological polar surface area (TPSA) is 237 Å². The molecule has 0 heterocycles. The van der Waals surface area contributed by atoms with E-state index in [2.05, 4.69) is 55.4 Å². The number of aliphatic hydroxyl groups excluding tert-OH is 1. The number of esters is 4. The van der Waals surface area contributed by atoms with Crippen molar-refractivity contribution in [2.24, 2.45) is 23.7 Å². The number of carbonyl (C=O) groups is 4. The van der Waals surface area contributed by atoms with E-state index in [0.717, 1.165) is 114 Å². The molecule has 0 aliphatic rings. The van der Waals surface area contributed by atoms with Crippen molar-refractivity contribution in [3.05, 3.63) is 0 Å². The third-order valence-corrected chi connectivity index (χ3v) is 18.8. The molecule has 6 atom stereocenters. The number of hydrogen-bond acceptors (Lipinski definition) is 15. The van der Waals surface area contributed by atoms with Crippen LogP contribution in [0.3, 0.4) is 0 Å². The minimum atomic E-state index is -4.95. The van der Waals surface area contributed by atoms with E-state index < -0.39 is 97.5 Å². The molecule has 19 heteroatoms. The van der Waals surface area contributed by atoms with Gasteiger partial charge in [0.2, 0.25) is 0 Å². The Morgan fingerprint density at radius 2 is 0.527 bits per heavy atom. The van der Waals surface area contributed by atoms with Crippen molar-refractivity contribution in [2.75, 3.05) is 39.6 Å². The van der Waals surface area contributed by atoms with E-state index >= 15 is 0 Å². The highest BCUT2D eigenvalue weighted by atomic mass is 31.2. The standard InChI is InChI=1S/C72H140O17P2/c1-9-65(8)51-43-35-26-19-14-12-10-11-13-15-20-27-36-44-52-69(74)82-58-67(89-72(77)55-47-39-29-23-22-25-33-41-49-63(4)5)60-86-90(78,79)84-56-66(73)57-85-91(80,81)87-61-68(59-83-70(75)53-45-37-31-30-34-42-50-64(6)7)88-71(76)54-46-38-28-21-17-16-18-24-32-40-48-62(2)3/h62-68,73H,9-61H2,1-8H3,(H,78,79)(H,80,81)/t65?,66-,67-,68-/m1/s1. The molecule has 0 fully saturated rings. The van der Waals surface area contributed by atoms with Gasteiger partial charge < -0.3 is 33.8 Å². The molecule has 0 saturated heterocycles. The molecule has 0 aliphatic carbocycles. The van der Waals surface area contributed by atoms with Crippen LogP contribution >= 0.6 is 15.6 Å². The zero-order chi connectivity index (χ0) is 67.5. The average Bonchev–Trinajstić information content (AvgIpc) is 2.41. The molecule has 540 valence electrons. The molecule has 0 aromatic carbocycles. The number of phosphoric acid groups is 2. The summed E-state index contributed by atoms with van der Waals surface area (Å²) in [5.74, 6) is 0.870. The zero-order valence-corrected chi connectivity index (χ0v) is 61.3. The van der Waals surface area contributed by atoms with Crippen molar-refractivity contribution in [3.63, 3.8) is 0 Å². The van der Waals surface area contributed by atoms with E-state index in [1.807, 2.05) is 0 Å². The number of aliphatic hydroxyl groups is 1. The second-order valence-electron chi connectivity index (χ2n) is 27.6. The number of hydrogen-bond donors (Lipinski definition) is 3. The van der Waals surface area contributed by atoms with Crippen LogP contribution in [-0.2, 0) is 65.4 Å². The fourth-order valence-corrected chi connectivity index (χ4v) is 12.4. The third-order valence-electron chi connectivity index (χ3n) is 16.9. The van der Waals surface area contributed by atoms with Gasteiger partial charge in [-0.1, -0.05) is 306 Å². The van der Waals surface area contributed by atoms with Crippen molar-refractivity contribution in [3.8, 4) is 0 Å². The Labute approximate surface area is 556 Å². The number of ether oxygens (including phenoxy) is 4. The van der Waals surface area contributed by atoms with Gasteiger partial charge in [-0.25, -0.2) is 9.13 Å². The number of carbonyl (C=O) groups excluding carboxylic acids is 4. The smallest absolute Gasteiger partial charge is 0.462 e. The Kier molecular flexibility index (Phi) is 60.3. The van der Waals surface area contributed by atoms with Crippen LogP contribution in [-0.4, -0.2) is 96.7 Å². The largest absolute Gasteiger partial charge is 0.472 e. The van der Waals surface area contributed by atoms with Gasteiger partial charge in [-0.15, -0.1) is 0 Å². The SMILES string of the molecule is CCC(C)CCCCCCCCCCCCCCCCC(=O)OC[C@H](COP(=O)(O)OC[C@@H](O)COP(=O)(O)OC[C@@H](COC(=O)CCCCCCCCC(C)C)OC(=O)CCCCCCCCCCCCC(C)C)OC(=O)CCCCCCCCCCC(C)C. The monoisotopic (exact) mass is 1340 g/mol. The Morgan fingerprint density at radius 1 is 0.308 bits per heavy atom. The van der Waals surface area contributed by atoms with Gasteiger partial charge in [0, 0.05) is 25.7 Å². The highest BCUT2D eigenvalue weighted by Crippen LogP contribution is 2.45. The molecule has 0 bridgehead atoms. The summed E-state index contributed by atoms with van der Waals surface area (Å²) in [6.07, 6.45) is 44.6. The predicted molar refractivity (Wildman–Crippen MR) is 367 cm³/mol. The van der Waals surface area contributed by atoms with Crippen LogP contribution in [0.2, 0.25) is 0 Å². The van der Waals surface area contributed by atoms with Gasteiger partial charge >= 0.3 is 39.5 Å². The highest BCUT2D eigenvalue weighted by Gasteiger charge is 2.30. The van der Waals surface area contributed by atoms with Crippen molar-refractivity contribution in [1.82, 2.24) is 0 Å². The van der Waals surface area contributed by atoms with Crippen molar-refractivity contribution in [1.29, 1.82) is 0 Å². The molecule has 0 aliphatic heterocycles. The quantitative estimate of drug-likeness (QED) is 0.0222. The van der Waals surface area contributed by atoms with E-state index in [0.29, 0.717) is 31.6 Å². The molecule has 0 aromatic heterocycles. The Balaban J connectivity index is 5.20. The molecule has 0 rings (SSSR count). The highest BCUT2D eigenvalue weighted by molar-refractivity contribution is 7.47.